The summed E-state index contributed by atoms with van der Waals surface area (Å²) in [5.74, 6) is -0.107. The lowest BCUT2D eigenvalue weighted by molar-refractivity contribution is 0.0729. The van der Waals surface area contributed by atoms with E-state index in [1.165, 1.54) is 0 Å². The van der Waals surface area contributed by atoms with E-state index in [4.69, 9.17) is 0 Å². The first-order valence-corrected chi connectivity index (χ1v) is 8.22. The lowest BCUT2D eigenvalue weighted by Crippen LogP contribution is -2.32. The molecule has 0 radical (unpaired) electrons. The standard InChI is InChI=1S/C20H18N2O2/c23-19-16-10-5-4-9-15(16)13-17(21-19)20(24)22-12-6-11-18(22)14-7-2-1-3-8-14/h1-5,7-10,13,18H,6,11-12H2,(H,21,23)/t18-/m1/s1. The fourth-order valence-electron chi connectivity index (χ4n) is 3.51. The van der Waals surface area contributed by atoms with Crippen LogP contribution in [-0.2, 0) is 0 Å². The Morgan fingerprint density at radius 3 is 2.62 bits per heavy atom. The Labute approximate surface area is 139 Å². The molecule has 0 saturated carbocycles. The van der Waals surface area contributed by atoms with Crippen molar-refractivity contribution in [3.63, 3.8) is 0 Å². The van der Waals surface area contributed by atoms with E-state index < -0.39 is 0 Å². The molecule has 1 saturated heterocycles. The van der Waals surface area contributed by atoms with E-state index in [2.05, 4.69) is 17.1 Å². The third kappa shape index (κ3) is 2.50. The molecule has 0 bridgehead atoms. The summed E-state index contributed by atoms with van der Waals surface area (Å²) in [7, 11) is 0. The molecule has 1 N–H and O–H groups in total. The highest BCUT2D eigenvalue weighted by atomic mass is 16.2. The maximum Gasteiger partial charge on any atom is 0.270 e. The van der Waals surface area contributed by atoms with Crippen molar-refractivity contribution < 1.29 is 4.79 Å². The number of rotatable bonds is 2. The van der Waals surface area contributed by atoms with Gasteiger partial charge in [0, 0.05) is 11.9 Å². The predicted octanol–water partition coefficient (Wildman–Crippen LogP) is 3.51. The van der Waals surface area contributed by atoms with Crippen molar-refractivity contribution in [1.29, 1.82) is 0 Å². The largest absolute Gasteiger partial charge is 0.330 e. The first-order valence-electron chi connectivity index (χ1n) is 8.22. The van der Waals surface area contributed by atoms with Crippen molar-refractivity contribution in [2.24, 2.45) is 0 Å². The first kappa shape index (κ1) is 14.7. The summed E-state index contributed by atoms with van der Waals surface area (Å²) in [5.41, 5.74) is 1.29. The Bertz CT molecular complexity index is 947. The molecule has 1 aliphatic rings. The zero-order chi connectivity index (χ0) is 16.5. The Morgan fingerprint density at radius 1 is 1.04 bits per heavy atom. The monoisotopic (exact) mass is 318 g/mol. The fraction of sp³-hybridized carbons (Fsp3) is 0.200. The first-order chi connectivity index (χ1) is 11.7. The van der Waals surface area contributed by atoms with Crippen LogP contribution < -0.4 is 5.56 Å². The van der Waals surface area contributed by atoms with Crippen LogP contribution in [0.15, 0.2) is 65.5 Å². The lowest BCUT2D eigenvalue weighted by Gasteiger charge is -2.25. The van der Waals surface area contributed by atoms with Crippen LogP contribution in [0, 0.1) is 0 Å². The molecule has 0 unspecified atom stereocenters. The number of aromatic nitrogens is 1. The van der Waals surface area contributed by atoms with E-state index in [9.17, 15) is 9.59 Å². The van der Waals surface area contributed by atoms with Gasteiger partial charge in [-0.3, -0.25) is 9.59 Å². The highest BCUT2D eigenvalue weighted by molar-refractivity contribution is 5.96. The Kier molecular flexibility index (Phi) is 3.65. The highest BCUT2D eigenvalue weighted by Gasteiger charge is 2.31. The Balaban J connectivity index is 1.72. The van der Waals surface area contributed by atoms with Gasteiger partial charge in [0.1, 0.15) is 5.69 Å². The molecule has 2 aromatic carbocycles. The van der Waals surface area contributed by atoms with E-state index >= 15 is 0 Å². The number of likely N-dealkylation sites (tertiary alicyclic amines) is 1. The van der Waals surface area contributed by atoms with Crippen LogP contribution in [0.3, 0.4) is 0 Å². The van der Waals surface area contributed by atoms with Gasteiger partial charge < -0.3 is 9.88 Å². The number of aromatic amines is 1. The number of H-pyrrole nitrogens is 1. The molecule has 4 rings (SSSR count). The number of amides is 1. The van der Waals surface area contributed by atoms with Gasteiger partial charge in [-0.2, -0.15) is 0 Å². The van der Waals surface area contributed by atoms with Gasteiger partial charge in [0.05, 0.1) is 6.04 Å². The number of benzene rings is 2. The van der Waals surface area contributed by atoms with E-state index in [0.717, 1.165) is 23.8 Å². The molecule has 4 heteroatoms. The molecular weight excluding hydrogens is 300 g/mol. The van der Waals surface area contributed by atoms with E-state index in [1.807, 2.05) is 41.3 Å². The average molecular weight is 318 g/mol. The summed E-state index contributed by atoms with van der Waals surface area (Å²) in [6, 6.07) is 19.3. The van der Waals surface area contributed by atoms with Crippen LogP contribution in [0.5, 0.6) is 0 Å². The van der Waals surface area contributed by atoms with Crippen LogP contribution in [0.4, 0.5) is 0 Å². The van der Waals surface area contributed by atoms with Gasteiger partial charge in [-0.25, -0.2) is 0 Å². The van der Waals surface area contributed by atoms with Gasteiger partial charge in [-0.15, -0.1) is 0 Å². The third-order valence-electron chi connectivity index (χ3n) is 4.68. The molecule has 4 nitrogen and oxygen atoms in total. The Hall–Kier alpha value is -2.88. The van der Waals surface area contributed by atoms with Gasteiger partial charge in [0.15, 0.2) is 0 Å². The molecule has 1 fully saturated rings. The van der Waals surface area contributed by atoms with Gasteiger partial charge in [0.25, 0.3) is 11.5 Å². The number of carbonyl (C=O) groups excluding carboxylic acids is 1. The normalized spacial score (nSPS) is 17.3. The summed E-state index contributed by atoms with van der Waals surface area (Å²) in [6.45, 7) is 0.716. The van der Waals surface area contributed by atoms with E-state index in [1.54, 1.807) is 12.1 Å². The fourth-order valence-corrected chi connectivity index (χ4v) is 3.51. The number of hydrogen-bond acceptors (Lipinski definition) is 2. The lowest BCUT2D eigenvalue weighted by atomic mass is 10.0. The number of nitrogens with one attached hydrogen (secondary N) is 1. The number of hydrogen-bond donors (Lipinski definition) is 1. The van der Waals surface area contributed by atoms with Crippen molar-refractivity contribution in [3.05, 3.63) is 82.3 Å². The van der Waals surface area contributed by atoms with Crippen LogP contribution in [-0.4, -0.2) is 22.3 Å². The highest BCUT2D eigenvalue weighted by Crippen LogP contribution is 2.32. The van der Waals surface area contributed by atoms with Gasteiger partial charge in [0.2, 0.25) is 0 Å². The van der Waals surface area contributed by atoms with Crippen LogP contribution in [0.25, 0.3) is 10.8 Å². The third-order valence-corrected chi connectivity index (χ3v) is 4.68. The Morgan fingerprint density at radius 2 is 1.79 bits per heavy atom. The quantitative estimate of drug-likeness (QED) is 0.786. The van der Waals surface area contributed by atoms with Crippen molar-refractivity contribution >= 4 is 16.7 Å². The predicted molar refractivity (Wildman–Crippen MR) is 94.0 cm³/mol. The zero-order valence-corrected chi connectivity index (χ0v) is 13.2. The van der Waals surface area contributed by atoms with Crippen molar-refractivity contribution in [3.8, 4) is 0 Å². The molecule has 3 aromatic rings. The molecular formula is C20H18N2O2. The molecule has 2 heterocycles. The second-order valence-electron chi connectivity index (χ2n) is 6.17. The summed E-state index contributed by atoms with van der Waals surface area (Å²) >= 11 is 0. The van der Waals surface area contributed by atoms with Gasteiger partial charge in [-0.1, -0.05) is 48.5 Å². The number of pyridine rings is 1. The summed E-state index contributed by atoms with van der Waals surface area (Å²) in [4.78, 5) is 29.8. The zero-order valence-electron chi connectivity index (χ0n) is 13.2. The smallest absolute Gasteiger partial charge is 0.270 e. The van der Waals surface area contributed by atoms with Crippen molar-refractivity contribution in [2.45, 2.75) is 18.9 Å². The number of nitrogens with zero attached hydrogens (tertiary/aromatic N) is 1. The average Bonchev–Trinajstić information content (AvgIpc) is 3.11. The maximum absolute atomic E-state index is 13.0. The number of fused-ring (bicyclic) bond motifs is 1. The van der Waals surface area contributed by atoms with Crippen LogP contribution in [0.1, 0.15) is 34.9 Å². The van der Waals surface area contributed by atoms with Crippen LogP contribution >= 0.6 is 0 Å². The number of carbonyl (C=O) groups is 1. The topological polar surface area (TPSA) is 53.2 Å². The summed E-state index contributed by atoms with van der Waals surface area (Å²) < 4.78 is 0. The van der Waals surface area contributed by atoms with E-state index in [-0.39, 0.29) is 17.5 Å². The minimum atomic E-state index is -0.216. The van der Waals surface area contributed by atoms with Crippen molar-refractivity contribution in [2.75, 3.05) is 6.54 Å². The SMILES string of the molecule is O=C(c1cc2ccccc2c(=O)[nH]1)N1CCC[C@@H]1c1ccccc1. The van der Waals surface area contributed by atoms with Gasteiger partial charge >= 0.3 is 0 Å². The molecule has 24 heavy (non-hydrogen) atoms. The second kappa shape index (κ2) is 5.96. The second-order valence-corrected chi connectivity index (χ2v) is 6.17. The minimum Gasteiger partial charge on any atom is -0.330 e. The molecule has 1 aromatic heterocycles. The molecule has 1 amide bonds. The van der Waals surface area contributed by atoms with Crippen molar-refractivity contribution in [1.82, 2.24) is 9.88 Å². The molecule has 0 aliphatic carbocycles. The molecule has 0 spiro atoms. The molecule has 1 atom stereocenters. The summed E-state index contributed by atoms with van der Waals surface area (Å²) in [5, 5.41) is 1.40. The maximum atomic E-state index is 13.0. The van der Waals surface area contributed by atoms with E-state index in [0.29, 0.717) is 17.6 Å². The van der Waals surface area contributed by atoms with Gasteiger partial charge in [-0.05, 0) is 35.9 Å². The van der Waals surface area contributed by atoms with Crippen LogP contribution in [0.2, 0.25) is 0 Å². The molecule has 120 valence electrons. The minimum absolute atomic E-state index is 0.0775. The molecule has 1 aliphatic heterocycles. The summed E-state index contributed by atoms with van der Waals surface area (Å²) in [6.07, 6.45) is 1.93.